The second-order valence-corrected chi connectivity index (χ2v) is 7.49. The van der Waals surface area contributed by atoms with E-state index in [9.17, 15) is 0 Å². The molecule has 0 aliphatic carbocycles. The third-order valence-corrected chi connectivity index (χ3v) is 5.45. The van der Waals surface area contributed by atoms with Crippen LogP contribution in [0.5, 0.6) is 0 Å². The van der Waals surface area contributed by atoms with Gasteiger partial charge in [-0.05, 0) is 30.4 Å². The Morgan fingerprint density at radius 2 is 2.00 bits per heavy atom. The number of hydrogen-bond donors (Lipinski definition) is 1. The third kappa shape index (κ3) is 4.93. The fourth-order valence-electron chi connectivity index (χ4n) is 4.06. The summed E-state index contributed by atoms with van der Waals surface area (Å²) in [5, 5.41) is 3.53. The van der Waals surface area contributed by atoms with E-state index in [1.165, 1.54) is 57.7 Å². The molecule has 3 nitrogen and oxygen atoms in total. The first-order chi connectivity index (χ1) is 10.7. The Balaban J connectivity index is 0.00000192. The number of hydrogen-bond acceptors (Lipinski definition) is 3. The molecule has 1 aromatic carbocycles. The van der Waals surface area contributed by atoms with Gasteiger partial charge in [0.05, 0.1) is 0 Å². The quantitative estimate of drug-likeness (QED) is 0.891. The van der Waals surface area contributed by atoms with Crippen molar-refractivity contribution >= 4 is 12.4 Å². The van der Waals surface area contributed by atoms with Crippen molar-refractivity contribution in [2.75, 3.05) is 39.3 Å². The fraction of sp³-hybridized carbons (Fsp3) is 0.684. The molecule has 0 saturated carbocycles. The standard InChI is InChI=1S/C19H31N3.ClH/c1-3-18-14-21(16-19(2)9-10-20-15-19)11-12-22(18)13-17-7-5-4-6-8-17;/h4-8,18,20H,3,9-16H2,1-2H3;1H. The lowest BCUT2D eigenvalue weighted by Crippen LogP contribution is -2.54. The number of piperazine rings is 1. The zero-order valence-corrected chi connectivity index (χ0v) is 15.4. The summed E-state index contributed by atoms with van der Waals surface area (Å²) < 4.78 is 0. The van der Waals surface area contributed by atoms with Crippen molar-refractivity contribution in [3.05, 3.63) is 35.9 Å². The zero-order chi connectivity index (χ0) is 15.4. The maximum Gasteiger partial charge on any atom is 0.0237 e. The van der Waals surface area contributed by atoms with Gasteiger partial charge in [-0.25, -0.2) is 0 Å². The summed E-state index contributed by atoms with van der Waals surface area (Å²) in [5.41, 5.74) is 1.93. The lowest BCUT2D eigenvalue weighted by atomic mass is 9.88. The Morgan fingerprint density at radius 1 is 1.22 bits per heavy atom. The topological polar surface area (TPSA) is 18.5 Å². The van der Waals surface area contributed by atoms with Crippen LogP contribution in [-0.2, 0) is 6.54 Å². The van der Waals surface area contributed by atoms with Gasteiger partial charge in [0.1, 0.15) is 0 Å². The van der Waals surface area contributed by atoms with Crippen LogP contribution in [0.25, 0.3) is 0 Å². The molecule has 0 radical (unpaired) electrons. The fourth-order valence-corrected chi connectivity index (χ4v) is 4.06. The maximum absolute atomic E-state index is 3.53. The highest BCUT2D eigenvalue weighted by atomic mass is 35.5. The third-order valence-electron chi connectivity index (χ3n) is 5.45. The average Bonchev–Trinajstić information content (AvgIpc) is 2.96. The Labute approximate surface area is 147 Å². The molecule has 2 aliphatic heterocycles. The van der Waals surface area contributed by atoms with E-state index in [0.29, 0.717) is 11.5 Å². The van der Waals surface area contributed by atoms with E-state index >= 15 is 0 Å². The summed E-state index contributed by atoms with van der Waals surface area (Å²) in [5.74, 6) is 0. The normalized spacial score (nSPS) is 29.4. The van der Waals surface area contributed by atoms with Crippen molar-refractivity contribution < 1.29 is 0 Å². The molecule has 2 atom stereocenters. The predicted octanol–water partition coefficient (Wildman–Crippen LogP) is 3.00. The van der Waals surface area contributed by atoms with E-state index in [0.717, 1.165) is 6.54 Å². The second-order valence-electron chi connectivity index (χ2n) is 7.49. The van der Waals surface area contributed by atoms with Crippen molar-refractivity contribution in [2.24, 2.45) is 5.41 Å². The van der Waals surface area contributed by atoms with Gasteiger partial charge >= 0.3 is 0 Å². The van der Waals surface area contributed by atoms with Crippen LogP contribution in [0.3, 0.4) is 0 Å². The molecule has 2 saturated heterocycles. The minimum Gasteiger partial charge on any atom is -0.316 e. The molecule has 1 aromatic rings. The average molecular weight is 338 g/mol. The van der Waals surface area contributed by atoms with Crippen molar-refractivity contribution in [2.45, 2.75) is 39.3 Å². The van der Waals surface area contributed by atoms with Gasteiger partial charge < -0.3 is 5.32 Å². The van der Waals surface area contributed by atoms with Crippen molar-refractivity contribution in [3.63, 3.8) is 0 Å². The molecule has 3 rings (SSSR count). The predicted molar refractivity (Wildman–Crippen MR) is 100 cm³/mol. The van der Waals surface area contributed by atoms with Crippen LogP contribution in [0.2, 0.25) is 0 Å². The van der Waals surface area contributed by atoms with Crippen molar-refractivity contribution in [1.29, 1.82) is 0 Å². The highest BCUT2D eigenvalue weighted by Crippen LogP contribution is 2.27. The molecule has 23 heavy (non-hydrogen) atoms. The lowest BCUT2D eigenvalue weighted by Gasteiger charge is -2.43. The van der Waals surface area contributed by atoms with Crippen LogP contribution >= 0.6 is 12.4 Å². The molecule has 4 heteroatoms. The van der Waals surface area contributed by atoms with Gasteiger partial charge in [-0.3, -0.25) is 9.80 Å². The van der Waals surface area contributed by atoms with Crippen LogP contribution in [0.1, 0.15) is 32.3 Å². The van der Waals surface area contributed by atoms with E-state index in [2.05, 4.69) is 59.3 Å². The summed E-state index contributed by atoms with van der Waals surface area (Å²) in [6.45, 7) is 13.2. The smallest absolute Gasteiger partial charge is 0.0237 e. The first-order valence-corrected chi connectivity index (χ1v) is 8.89. The SMILES string of the molecule is CCC1CN(CC2(C)CCNC2)CCN1Cc1ccccc1.Cl. The van der Waals surface area contributed by atoms with E-state index in [-0.39, 0.29) is 12.4 Å². The minimum atomic E-state index is 0. The molecule has 0 bridgehead atoms. The maximum atomic E-state index is 3.53. The molecular formula is C19H32ClN3. The molecule has 2 aliphatic rings. The second kappa shape index (κ2) is 8.48. The van der Waals surface area contributed by atoms with Gasteiger partial charge in [0.2, 0.25) is 0 Å². The van der Waals surface area contributed by atoms with E-state index < -0.39 is 0 Å². The number of nitrogens with one attached hydrogen (secondary N) is 1. The Bertz CT molecular complexity index is 459. The van der Waals surface area contributed by atoms with Gasteiger partial charge in [0.15, 0.2) is 0 Å². The van der Waals surface area contributed by atoms with Gasteiger partial charge in [-0.2, -0.15) is 0 Å². The Morgan fingerprint density at radius 3 is 2.65 bits per heavy atom. The van der Waals surface area contributed by atoms with Crippen LogP contribution in [0.15, 0.2) is 30.3 Å². The minimum absolute atomic E-state index is 0. The van der Waals surface area contributed by atoms with E-state index in [4.69, 9.17) is 0 Å². The van der Waals surface area contributed by atoms with E-state index in [1.54, 1.807) is 0 Å². The van der Waals surface area contributed by atoms with Crippen LogP contribution in [-0.4, -0.2) is 55.1 Å². The largest absolute Gasteiger partial charge is 0.316 e. The summed E-state index contributed by atoms with van der Waals surface area (Å²) in [7, 11) is 0. The van der Waals surface area contributed by atoms with Crippen LogP contribution in [0.4, 0.5) is 0 Å². The Kier molecular flexibility index (Phi) is 6.90. The van der Waals surface area contributed by atoms with Gasteiger partial charge in [-0.15, -0.1) is 12.4 Å². The highest BCUT2D eigenvalue weighted by molar-refractivity contribution is 5.85. The molecule has 2 heterocycles. The molecule has 2 fully saturated rings. The number of nitrogens with zero attached hydrogens (tertiary/aromatic N) is 2. The summed E-state index contributed by atoms with van der Waals surface area (Å²) in [6.07, 6.45) is 2.58. The molecule has 0 amide bonds. The van der Waals surface area contributed by atoms with Gasteiger partial charge in [0, 0.05) is 45.3 Å². The van der Waals surface area contributed by atoms with Gasteiger partial charge in [0.25, 0.3) is 0 Å². The van der Waals surface area contributed by atoms with Crippen LogP contribution in [0, 0.1) is 5.41 Å². The summed E-state index contributed by atoms with van der Waals surface area (Å²) in [4.78, 5) is 5.39. The summed E-state index contributed by atoms with van der Waals surface area (Å²) >= 11 is 0. The number of benzene rings is 1. The summed E-state index contributed by atoms with van der Waals surface area (Å²) in [6, 6.07) is 11.6. The molecular weight excluding hydrogens is 306 g/mol. The van der Waals surface area contributed by atoms with E-state index in [1.807, 2.05) is 0 Å². The molecule has 2 unspecified atom stereocenters. The molecule has 0 aromatic heterocycles. The first kappa shape index (κ1) is 18.7. The molecule has 0 spiro atoms. The van der Waals surface area contributed by atoms with Gasteiger partial charge in [-0.1, -0.05) is 44.2 Å². The Hall–Kier alpha value is -0.610. The molecule has 1 N–H and O–H groups in total. The van der Waals surface area contributed by atoms with Crippen LogP contribution < -0.4 is 5.32 Å². The lowest BCUT2D eigenvalue weighted by molar-refractivity contribution is 0.0452. The molecule has 130 valence electrons. The van der Waals surface area contributed by atoms with Crippen molar-refractivity contribution in [3.8, 4) is 0 Å². The first-order valence-electron chi connectivity index (χ1n) is 8.89. The van der Waals surface area contributed by atoms with Crippen molar-refractivity contribution in [1.82, 2.24) is 15.1 Å². The number of rotatable bonds is 5. The monoisotopic (exact) mass is 337 g/mol. The highest BCUT2D eigenvalue weighted by Gasteiger charge is 2.33. The number of halogens is 1. The zero-order valence-electron chi connectivity index (χ0n) is 14.6.